The second-order valence-electron chi connectivity index (χ2n) is 4.61. The Labute approximate surface area is 112 Å². The van der Waals surface area contributed by atoms with Gasteiger partial charge in [0.15, 0.2) is 12.1 Å². The summed E-state index contributed by atoms with van der Waals surface area (Å²) in [6.45, 7) is 0.813. The van der Waals surface area contributed by atoms with E-state index in [1.165, 1.54) is 10.3 Å². The molecule has 5 heteroatoms. The van der Waals surface area contributed by atoms with Crippen molar-refractivity contribution in [3.05, 3.63) is 42.4 Å². The van der Waals surface area contributed by atoms with Crippen LogP contribution in [0.25, 0.3) is 32.1 Å². The highest BCUT2D eigenvalue weighted by atomic mass is 32.1. The summed E-state index contributed by atoms with van der Waals surface area (Å²) in [5.41, 5.74) is 4.48. The summed E-state index contributed by atoms with van der Waals surface area (Å²) in [7, 11) is 0. The van der Waals surface area contributed by atoms with E-state index in [1.807, 2.05) is 30.7 Å². The molecular weight excluding hydrogens is 258 g/mol. The number of aromatic nitrogens is 3. The highest BCUT2D eigenvalue weighted by molar-refractivity contribution is 7.25. The molecule has 90 valence electrons. The van der Waals surface area contributed by atoms with E-state index in [9.17, 15) is 0 Å². The molecule has 0 aliphatic carbocycles. The third kappa shape index (κ3) is 1.11. The molecule has 0 unspecified atom stereocenters. The molecule has 0 saturated carbocycles. The van der Waals surface area contributed by atoms with E-state index < -0.39 is 0 Å². The second kappa shape index (κ2) is 3.19. The Morgan fingerprint density at radius 1 is 1.26 bits per heavy atom. The minimum absolute atomic E-state index is 0.813. The summed E-state index contributed by atoms with van der Waals surface area (Å²) in [5, 5.41) is 0. The number of hydrogen-bond donors (Lipinski definition) is 0. The van der Waals surface area contributed by atoms with Gasteiger partial charge in [-0.15, -0.1) is 4.57 Å². The predicted octanol–water partition coefficient (Wildman–Crippen LogP) is 2.75. The maximum Gasteiger partial charge on any atom is 0.383 e. The van der Waals surface area contributed by atoms with Crippen molar-refractivity contribution in [2.24, 2.45) is 0 Å². The fraction of sp³-hybridized carbons (Fsp3) is 0.0714. The quantitative estimate of drug-likeness (QED) is 0.405. The molecule has 5 rings (SSSR count). The zero-order valence-electron chi connectivity index (χ0n) is 9.83. The number of pyridine rings is 2. The van der Waals surface area contributed by atoms with Gasteiger partial charge in [0.05, 0.1) is 15.8 Å². The fourth-order valence-corrected chi connectivity index (χ4v) is 3.75. The molecule has 4 nitrogen and oxygen atoms in total. The number of rotatable bonds is 0. The van der Waals surface area contributed by atoms with Crippen molar-refractivity contribution in [3.63, 3.8) is 0 Å². The van der Waals surface area contributed by atoms with E-state index in [2.05, 4.69) is 20.6 Å². The second-order valence-corrected chi connectivity index (χ2v) is 5.63. The van der Waals surface area contributed by atoms with E-state index in [1.54, 1.807) is 11.3 Å². The largest absolute Gasteiger partial charge is 0.386 e. The average molecular weight is 266 g/mol. The lowest BCUT2D eigenvalue weighted by atomic mass is 10.2. The molecule has 1 aliphatic heterocycles. The van der Waals surface area contributed by atoms with Gasteiger partial charge >= 0.3 is 5.89 Å². The van der Waals surface area contributed by atoms with Crippen LogP contribution in [-0.2, 0) is 6.54 Å². The number of thiophene rings is 1. The van der Waals surface area contributed by atoms with Crippen LogP contribution in [0.4, 0.5) is 0 Å². The molecule has 5 heterocycles. The number of fused-ring (bicyclic) bond motifs is 7. The van der Waals surface area contributed by atoms with E-state index in [0.717, 1.165) is 33.9 Å². The Bertz CT molecular complexity index is 954. The van der Waals surface area contributed by atoms with Crippen LogP contribution in [0.1, 0.15) is 5.56 Å². The summed E-state index contributed by atoms with van der Waals surface area (Å²) >= 11 is 1.65. The highest BCUT2D eigenvalue weighted by Gasteiger charge is 2.36. The molecule has 4 aromatic heterocycles. The predicted molar refractivity (Wildman–Crippen MR) is 71.9 cm³/mol. The van der Waals surface area contributed by atoms with Crippen LogP contribution in [0.3, 0.4) is 0 Å². The first-order valence-corrected chi connectivity index (χ1v) is 6.86. The van der Waals surface area contributed by atoms with Crippen LogP contribution in [0, 0.1) is 0 Å². The Morgan fingerprint density at radius 3 is 3.26 bits per heavy atom. The van der Waals surface area contributed by atoms with Gasteiger partial charge in [-0.05, 0) is 18.2 Å². The Balaban J connectivity index is 1.94. The molecule has 0 saturated heterocycles. The van der Waals surface area contributed by atoms with E-state index in [-0.39, 0.29) is 0 Å². The Morgan fingerprint density at radius 2 is 2.26 bits per heavy atom. The molecule has 0 atom stereocenters. The summed E-state index contributed by atoms with van der Waals surface area (Å²) < 4.78 is 9.40. The first-order chi connectivity index (χ1) is 9.42. The molecule has 0 amide bonds. The lowest BCUT2D eigenvalue weighted by molar-refractivity contribution is -0.648. The van der Waals surface area contributed by atoms with Crippen molar-refractivity contribution >= 4 is 32.0 Å². The molecule has 0 aromatic carbocycles. The Hall–Kier alpha value is -2.27. The number of hydrogen-bond acceptors (Lipinski definition) is 4. The molecule has 0 N–H and O–H groups in total. The standard InChI is InChI=1S/C14H8N3OS/c1-2-10-11(16-4-1)12-14(19-10)18-13-9-3-5-15-6-8(9)7-17(12)13/h1-6H,7H2/q+1. The SMILES string of the molecule is c1cnc2c(c1)sc1oc3[n+](c12)Cc1cnccc1-3. The molecular formula is C14H8N3OS+. The van der Waals surface area contributed by atoms with Gasteiger partial charge in [-0.2, -0.15) is 0 Å². The van der Waals surface area contributed by atoms with E-state index in [0.29, 0.717) is 0 Å². The van der Waals surface area contributed by atoms with Gasteiger partial charge in [-0.3, -0.25) is 4.98 Å². The zero-order chi connectivity index (χ0) is 12.4. The van der Waals surface area contributed by atoms with Gasteiger partial charge in [-0.1, -0.05) is 11.3 Å². The molecule has 1 aliphatic rings. The topological polar surface area (TPSA) is 42.8 Å². The van der Waals surface area contributed by atoms with Crippen LogP contribution < -0.4 is 4.57 Å². The molecule has 0 spiro atoms. The van der Waals surface area contributed by atoms with Gasteiger partial charge in [0.1, 0.15) is 0 Å². The summed E-state index contributed by atoms with van der Waals surface area (Å²) in [5.74, 6) is 0.922. The van der Waals surface area contributed by atoms with Gasteiger partial charge in [0.25, 0.3) is 10.4 Å². The lowest BCUT2D eigenvalue weighted by Gasteiger charge is -1.88. The minimum atomic E-state index is 0.813. The van der Waals surface area contributed by atoms with Gasteiger partial charge in [0, 0.05) is 18.6 Å². The van der Waals surface area contributed by atoms with Crippen molar-refractivity contribution < 1.29 is 8.98 Å². The molecule has 0 radical (unpaired) electrons. The van der Waals surface area contributed by atoms with Gasteiger partial charge in [-0.25, -0.2) is 4.98 Å². The summed E-state index contributed by atoms with van der Waals surface area (Å²) in [4.78, 5) is 9.63. The lowest BCUT2D eigenvalue weighted by Crippen LogP contribution is -2.30. The molecule has 0 bridgehead atoms. The number of nitrogens with zero attached hydrogens (tertiary/aromatic N) is 3. The molecule has 0 fully saturated rings. The average Bonchev–Trinajstić information content (AvgIpc) is 3.05. The normalized spacial score (nSPS) is 13.1. The first-order valence-electron chi connectivity index (χ1n) is 6.05. The summed E-state index contributed by atoms with van der Waals surface area (Å²) in [6.07, 6.45) is 5.55. The van der Waals surface area contributed by atoms with Crippen molar-refractivity contribution in [1.29, 1.82) is 0 Å². The van der Waals surface area contributed by atoms with Crippen molar-refractivity contribution in [3.8, 4) is 11.5 Å². The molecule has 4 aromatic rings. The zero-order valence-corrected chi connectivity index (χ0v) is 10.6. The number of oxazole rings is 1. The minimum Gasteiger partial charge on any atom is -0.386 e. The van der Waals surface area contributed by atoms with Gasteiger partial charge < -0.3 is 4.42 Å². The van der Waals surface area contributed by atoms with E-state index >= 15 is 0 Å². The first kappa shape index (κ1) is 9.63. The Kier molecular flexibility index (Phi) is 1.62. The molecule has 19 heavy (non-hydrogen) atoms. The van der Waals surface area contributed by atoms with Crippen molar-refractivity contribution in [1.82, 2.24) is 9.97 Å². The van der Waals surface area contributed by atoms with Crippen LogP contribution in [0.2, 0.25) is 0 Å². The van der Waals surface area contributed by atoms with Crippen LogP contribution in [0.15, 0.2) is 41.2 Å². The maximum absolute atomic E-state index is 6.04. The van der Waals surface area contributed by atoms with Crippen LogP contribution >= 0.6 is 11.3 Å². The van der Waals surface area contributed by atoms with Crippen LogP contribution in [-0.4, -0.2) is 9.97 Å². The van der Waals surface area contributed by atoms with E-state index in [4.69, 9.17) is 4.42 Å². The maximum atomic E-state index is 6.04. The highest BCUT2D eigenvalue weighted by Crippen LogP contribution is 2.37. The van der Waals surface area contributed by atoms with Crippen molar-refractivity contribution in [2.45, 2.75) is 6.54 Å². The van der Waals surface area contributed by atoms with Gasteiger partial charge in [0.2, 0.25) is 0 Å². The fourth-order valence-electron chi connectivity index (χ4n) is 2.73. The van der Waals surface area contributed by atoms with Crippen LogP contribution in [0.5, 0.6) is 0 Å². The third-order valence-electron chi connectivity index (χ3n) is 3.56. The smallest absolute Gasteiger partial charge is 0.383 e. The summed E-state index contributed by atoms with van der Waals surface area (Å²) in [6, 6.07) is 6.05. The monoisotopic (exact) mass is 266 g/mol. The third-order valence-corrected chi connectivity index (χ3v) is 4.57. The van der Waals surface area contributed by atoms with Crippen molar-refractivity contribution in [2.75, 3.05) is 0 Å².